The minimum absolute atomic E-state index is 0.485. The van der Waals surface area contributed by atoms with E-state index < -0.39 is 0 Å². The lowest BCUT2D eigenvalue weighted by molar-refractivity contribution is 0.191. The van der Waals surface area contributed by atoms with Crippen molar-refractivity contribution in [1.29, 1.82) is 0 Å². The number of furan rings is 1. The Morgan fingerprint density at radius 2 is 2.11 bits per heavy atom. The van der Waals surface area contributed by atoms with E-state index in [4.69, 9.17) is 10.2 Å². The highest BCUT2D eigenvalue weighted by atomic mass is 16.3. The summed E-state index contributed by atoms with van der Waals surface area (Å²) in [5, 5.41) is 0. The standard InChI is InChI=1S/C15H28N2O/c1-5-7-8-17(12(3)6-2)11-14-9-15(10-16)18-13(14)4/h9,12H,5-8,10-11,16H2,1-4H3. The van der Waals surface area contributed by atoms with E-state index in [-0.39, 0.29) is 0 Å². The van der Waals surface area contributed by atoms with E-state index in [0.29, 0.717) is 12.6 Å². The number of aryl methyl sites for hydroxylation is 1. The number of nitrogens with two attached hydrogens (primary N) is 1. The molecular weight excluding hydrogens is 224 g/mol. The Balaban J connectivity index is 2.71. The Hall–Kier alpha value is -0.800. The average molecular weight is 252 g/mol. The molecule has 0 aromatic carbocycles. The Morgan fingerprint density at radius 1 is 1.39 bits per heavy atom. The maximum Gasteiger partial charge on any atom is 0.118 e. The first-order valence-electron chi connectivity index (χ1n) is 7.14. The number of hydrogen-bond donors (Lipinski definition) is 1. The molecule has 0 amide bonds. The zero-order chi connectivity index (χ0) is 13.5. The molecule has 0 saturated heterocycles. The second-order valence-electron chi connectivity index (χ2n) is 5.08. The number of unbranched alkanes of at least 4 members (excludes halogenated alkanes) is 1. The summed E-state index contributed by atoms with van der Waals surface area (Å²) in [7, 11) is 0. The molecule has 3 nitrogen and oxygen atoms in total. The molecule has 0 aliphatic rings. The molecule has 0 saturated carbocycles. The Morgan fingerprint density at radius 3 is 2.61 bits per heavy atom. The van der Waals surface area contributed by atoms with Gasteiger partial charge >= 0.3 is 0 Å². The Labute approximate surface area is 111 Å². The molecule has 0 aliphatic heterocycles. The molecule has 0 bridgehead atoms. The van der Waals surface area contributed by atoms with Crippen molar-refractivity contribution in [2.24, 2.45) is 5.73 Å². The first kappa shape index (κ1) is 15.3. The first-order chi connectivity index (χ1) is 8.62. The second-order valence-corrected chi connectivity index (χ2v) is 5.08. The average Bonchev–Trinajstić information content (AvgIpc) is 2.74. The van der Waals surface area contributed by atoms with E-state index in [1.807, 2.05) is 6.92 Å². The topological polar surface area (TPSA) is 42.4 Å². The lowest BCUT2D eigenvalue weighted by Crippen LogP contribution is -2.33. The fourth-order valence-electron chi connectivity index (χ4n) is 2.14. The molecule has 1 rings (SSSR count). The fourth-order valence-corrected chi connectivity index (χ4v) is 2.14. The zero-order valence-corrected chi connectivity index (χ0v) is 12.3. The van der Waals surface area contributed by atoms with Crippen LogP contribution in [-0.2, 0) is 13.1 Å². The van der Waals surface area contributed by atoms with Gasteiger partial charge in [-0.05, 0) is 39.3 Å². The summed E-state index contributed by atoms with van der Waals surface area (Å²) in [6.45, 7) is 11.4. The molecule has 3 heteroatoms. The van der Waals surface area contributed by atoms with Crippen LogP contribution in [0.5, 0.6) is 0 Å². The van der Waals surface area contributed by atoms with Crippen molar-refractivity contribution in [1.82, 2.24) is 4.90 Å². The molecule has 2 N–H and O–H groups in total. The van der Waals surface area contributed by atoms with Gasteiger partial charge < -0.3 is 10.2 Å². The van der Waals surface area contributed by atoms with Crippen molar-refractivity contribution in [3.05, 3.63) is 23.2 Å². The van der Waals surface area contributed by atoms with Crippen LogP contribution in [0.25, 0.3) is 0 Å². The van der Waals surface area contributed by atoms with Gasteiger partial charge in [0.2, 0.25) is 0 Å². The molecule has 18 heavy (non-hydrogen) atoms. The van der Waals surface area contributed by atoms with Crippen LogP contribution >= 0.6 is 0 Å². The van der Waals surface area contributed by atoms with E-state index in [1.165, 1.54) is 24.8 Å². The summed E-state index contributed by atoms with van der Waals surface area (Å²) in [6.07, 6.45) is 3.68. The minimum Gasteiger partial charge on any atom is -0.465 e. The van der Waals surface area contributed by atoms with Crippen LogP contribution in [0.15, 0.2) is 10.5 Å². The van der Waals surface area contributed by atoms with Gasteiger partial charge in [0.05, 0.1) is 6.54 Å². The molecule has 1 aromatic heterocycles. The van der Waals surface area contributed by atoms with Crippen molar-refractivity contribution < 1.29 is 4.42 Å². The largest absolute Gasteiger partial charge is 0.465 e. The second kappa shape index (κ2) is 7.59. The highest BCUT2D eigenvalue weighted by Gasteiger charge is 2.15. The zero-order valence-electron chi connectivity index (χ0n) is 12.3. The predicted molar refractivity (Wildman–Crippen MR) is 76.4 cm³/mol. The van der Waals surface area contributed by atoms with Crippen molar-refractivity contribution in [2.45, 2.75) is 66.1 Å². The molecule has 0 aliphatic carbocycles. The van der Waals surface area contributed by atoms with E-state index >= 15 is 0 Å². The summed E-state index contributed by atoms with van der Waals surface area (Å²) in [6, 6.07) is 2.73. The number of hydrogen-bond acceptors (Lipinski definition) is 3. The SMILES string of the molecule is CCCCN(Cc1cc(CN)oc1C)C(C)CC. The van der Waals surface area contributed by atoms with Gasteiger partial charge in [-0.1, -0.05) is 20.3 Å². The molecule has 1 atom stereocenters. The van der Waals surface area contributed by atoms with Gasteiger partial charge in [-0.25, -0.2) is 0 Å². The van der Waals surface area contributed by atoms with Crippen molar-refractivity contribution in [3.8, 4) is 0 Å². The quantitative estimate of drug-likeness (QED) is 0.770. The summed E-state index contributed by atoms with van der Waals surface area (Å²) in [4.78, 5) is 2.54. The van der Waals surface area contributed by atoms with Crippen LogP contribution < -0.4 is 5.73 Å². The van der Waals surface area contributed by atoms with E-state index in [9.17, 15) is 0 Å². The van der Waals surface area contributed by atoms with Crippen molar-refractivity contribution in [3.63, 3.8) is 0 Å². The molecule has 0 radical (unpaired) electrons. The third-order valence-electron chi connectivity index (χ3n) is 3.66. The van der Waals surface area contributed by atoms with E-state index in [0.717, 1.165) is 24.6 Å². The molecular formula is C15H28N2O. The molecule has 1 heterocycles. The molecule has 0 fully saturated rings. The third-order valence-corrected chi connectivity index (χ3v) is 3.66. The van der Waals surface area contributed by atoms with Gasteiger partial charge in [0.25, 0.3) is 0 Å². The lowest BCUT2D eigenvalue weighted by atomic mass is 10.1. The monoisotopic (exact) mass is 252 g/mol. The van der Waals surface area contributed by atoms with Crippen molar-refractivity contribution >= 4 is 0 Å². The van der Waals surface area contributed by atoms with Gasteiger partial charge in [0.15, 0.2) is 0 Å². The fraction of sp³-hybridized carbons (Fsp3) is 0.733. The highest BCUT2D eigenvalue weighted by molar-refractivity contribution is 5.20. The van der Waals surface area contributed by atoms with Gasteiger partial charge in [-0.15, -0.1) is 0 Å². The van der Waals surface area contributed by atoms with Crippen LogP contribution in [0.2, 0.25) is 0 Å². The predicted octanol–water partition coefficient (Wildman–Crippen LogP) is 3.45. The van der Waals surface area contributed by atoms with Crippen LogP contribution in [0.3, 0.4) is 0 Å². The van der Waals surface area contributed by atoms with Crippen LogP contribution in [0.4, 0.5) is 0 Å². The highest BCUT2D eigenvalue weighted by Crippen LogP contribution is 2.18. The smallest absolute Gasteiger partial charge is 0.118 e. The molecule has 104 valence electrons. The molecule has 1 aromatic rings. The number of nitrogens with zero attached hydrogens (tertiary/aromatic N) is 1. The van der Waals surface area contributed by atoms with E-state index in [1.54, 1.807) is 0 Å². The van der Waals surface area contributed by atoms with Crippen LogP contribution in [-0.4, -0.2) is 17.5 Å². The van der Waals surface area contributed by atoms with Gasteiger partial charge in [-0.2, -0.15) is 0 Å². The maximum atomic E-state index is 5.63. The minimum atomic E-state index is 0.485. The summed E-state index contributed by atoms with van der Waals surface area (Å²) in [5.74, 6) is 1.90. The van der Waals surface area contributed by atoms with Gasteiger partial charge in [0.1, 0.15) is 11.5 Å². The first-order valence-corrected chi connectivity index (χ1v) is 7.14. The number of rotatable bonds is 8. The molecule has 1 unspecified atom stereocenters. The molecule has 0 spiro atoms. The van der Waals surface area contributed by atoms with Crippen LogP contribution in [0, 0.1) is 6.92 Å². The maximum absolute atomic E-state index is 5.63. The summed E-state index contributed by atoms with van der Waals surface area (Å²) in [5.41, 5.74) is 6.91. The Kier molecular flexibility index (Phi) is 6.44. The summed E-state index contributed by atoms with van der Waals surface area (Å²) >= 11 is 0. The van der Waals surface area contributed by atoms with Gasteiger partial charge in [0, 0.05) is 18.2 Å². The lowest BCUT2D eigenvalue weighted by Gasteiger charge is -2.28. The third kappa shape index (κ3) is 4.14. The van der Waals surface area contributed by atoms with Gasteiger partial charge in [-0.3, -0.25) is 4.90 Å². The normalized spacial score (nSPS) is 13.2. The summed E-state index contributed by atoms with van der Waals surface area (Å²) < 4.78 is 5.63. The Bertz CT molecular complexity index is 346. The van der Waals surface area contributed by atoms with Crippen molar-refractivity contribution in [2.75, 3.05) is 6.54 Å². The van der Waals surface area contributed by atoms with E-state index in [2.05, 4.69) is 31.7 Å². The van der Waals surface area contributed by atoms with Crippen LogP contribution in [0.1, 0.15) is 57.1 Å².